The summed E-state index contributed by atoms with van der Waals surface area (Å²) in [4.78, 5) is 26.0. The van der Waals surface area contributed by atoms with Gasteiger partial charge in [0.15, 0.2) is 5.43 Å². The number of furan rings is 1. The highest BCUT2D eigenvalue weighted by molar-refractivity contribution is 5.97. The number of aryl methyl sites for hydroxylation is 3. The number of esters is 1. The number of carbonyl (C=O) groups excluding carboxylic acids is 1. The lowest BCUT2D eigenvalue weighted by Gasteiger charge is -2.07. The Balaban J connectivity index is 1.89. The minimum absolute atomic E-state index is 0.198. The van der Waals surface area contributed by atoms with Gasteiger partial charge in [-0.25, -0.2) is 4.79 Å². The van der Waals surface area contributed by atoms with Crippen LogP contribution >= 0.6 is 0 Å². The molecule has 0 amide bonds. The summed E-state index contributed by atoms with van der Waals surface area (Å²) in [7, 11) is 0. The second-order valence-electron chi connectivity index (χ2n) is 7.65. The summed E-state index contributed by atoms with van der Waals surface area (Å²) in [5, 5.41) is 0.914. The van der Waals surface area contributed by atoms with Gasteiger partial charge in [-0.3, -0.25) is 4.79 Å². The summed E-state index contributed by atoms with van der Waals surface area (Å²) < 4.78 is 17.1. The quantitative estimate of drug-likeness (QED) is 0.365. The molecule has 0 fully saturated rings. The smallest absolute Gasteiger partial charge is 0.343 e. The molecule has 0 bridgehead atoms. The van der Waals surface area contributed by atoms with E-state index in [9.17, 15) is 9.59 Å². The summed E-state index contributed by atoms with van der Waals surface area (Å²) in [5.41, 5.74) is 2.64. The normalized spacial score (nSPS) is 10.9. The predicted molar refractivity (Wildman–Crippen MR) is 125 cm³/mol. The van der Waals surface area contributed by atoms with E-state index in [1.165, 1.54) is 0 Å². The molecule has 32 heavy (non-hydrogen) atoms. The van der Waals surface area contributed by atoms with Gasteiger partial charge in [-0.15, -0.1) is 0 Å². The summed E-state index contributed by atoms with van der Waals surface area (Å²) >= 11 is 0. The fourth-order valence-electron chi connectivity index (χ4n) is 3.83. The molecule has 4 aromatic rings. The minimum atomic E-state index is -0.496. The van der Waals surface area contributed by atoms with Crippen molar-refractivity contribution in [1.82, 2.24) is 0 Å². The Hall–Kier alpha value is -3.86. The van der Waals surface area contributed by atoms with Crippen molar-refractivity contribution in [3.8, 4) is 22.6 Å². The molecule has 0 aliphatic carbocycles. The third kappa shape index (κ3) is 4.14. The van der Waals surface area contributed by atoms with Crippen LogP contribution in [0.25, 0.3) is 21.9 Å². The van der Waals surface area contributed by atoms with E-state index in [1.807, 2.05) is 44.2 Å². The van der Waals surface area contributed by atoms with Crippen molar-refractivity contribution < 1.29 is 18.7 Å². The standard InChI is InChI=1S/C27H24O5/c1-5-30-22-11-9-19(10-12-22)21-14-23(28)25-17(3)31-18(4)26(25)24(15-21)32-27(29)20-8-6-7-16(2)13-20/h6-15H,5H2,1-4H3. The van der Waals surface area contributed by atoms with Crippen LogP contribution < -0.4 is 14.9 Å². The molecule has 5 nitrogen and oxygen atoms in total. The summed E-state index contributed by atoms with van der Waals surface area (Å²) in [6.45, 7) is 7.90. The second kappa shape index (κ2) is 8.71. The molecular weight excluding hydrogens is 404 g/mol. The maximum absolute atomic E-state index is 13.1. The van der Waals surface area contributed by atoms with E-state index in [0.29, 0.717) is 40.0 Å². The summed E-state index contributed by atoms with van der Waals surface area (Å²) in [6.07, 6.45) is 0. The molecule has 0 atom stereocenters. The molecule has 0 spiro atoms. The lowest BCUT2D eigenvalue weighted by molar-refractivity contribution is 0.0737. The summed E-state index contributed by atoms with van der Waals surface area (Å²) in [5.74, 6) is 1.55. The van der Waals surface area contributed by atoms with Crippen molar-refractivity contribution in [2.24, 2.45) is 0 Å². The van der Waals surface area contributed by atoms with E-state index in [1.54, 1.807) is 44.2 Å². The molecular formula is C27H24O5. The second-order valence-corrected chi connectivity index (χ2v) is 7.65. The van der Waals surface area contributed by atoms with E-state index in [-0.39, 0.29) is 11.2 Å². The van der Waals surface area contributed by atoms with Gasteiger partial charge >= 0.3 is 5.97 Å². The van der Waals surface area contributed by atoms with E-state index in [4.69, 9.17) is 13.9 Å². The van der Waals surface area contributed by atoms with Crippen molar-refractivity contribution in [3.05, 3.63) is 93.5 Å². The Morgan fingerprint density at radius 3 is 2.28 bits per heavy atom. The molecule has 3 aromatic carbocycles. The molecule has 0 saturated carbocycles. The van der Waals surface area contributed by atoms with Crippen LogP contribution in [-0.4, -0.2) is 12.6 Å². The van der Waals surface area contributed by atoms with Crippen molar-refractivity contribution in [2.45, 2.75) is 27.7 Å². The van der Waals surface area contributed by atoms with Crippen LogP contribution in [0, 0.1) is 20.8 Å². The highest BCUT2D eigenvalue weighted by atomic mass is 16.5. The van der Waals surface area contributed by atoms with Gasteiger partial charge in [0.1, 0.15) is 23.0 Å². The molecule has 1 aromatic heterocycles. The molecule has 5 heteroatoms. The first-order chi connectivity index (χ1) is 15.4. The lowest BCUT2D eigenvalue weighted by atomic mass is 10.1. The Bertz CT molecular complexity index is 1360. The molecule has 0 unspecified atom stereocenters. The van der Waals surface area contributed by atoms with Crippen LogP contribution in [0.15, 0.2) is 69.9 Å². The van der Waals surface area contributed by atoms with Crippen molar-refractivity contribution in [3.63, 3.8) is 0 Å². The molecule has 4 rings (SSSR count). The van der Waals surface area contributed by atoms with Crippen molar-refractivity contribution >= 4 is 16.7 Å². The van der Waals surface area contributed by atoms with Crippen LogP contribution in [0.1, 0.15) is 34.4 Å². The number of hydrogen-bond acceptors (Lipinski definition) is 5. The zero-order valence-electron chi connectivity index (χ0n) is 18.5. The van der Waals surface area contributed by atoms with Gasteiger partial charge in [-0.1, -0.05) is 29.8 Å². The average Bonchev–Trinajstić information content (AvgIpc) is 2.97. The number of ether oxygens (including phenoxy) is 2. The molecule has 162 valence electrons. The van der Waals surface area contributed by atoms with Crippen molar-refractivity contribution in [1.29, 1.82) is 0 Å². The van der Waals surface area contributed by atoms with Gasteiger partial charge in [-0.05, 0) is 75.2 Å². The number of fused-ring (bicyclic) bond motifs is 1. The predicted octanol–water partition coefficient (Wildman–Crippen LogP) is 6.00. The van der Waals surface area contributed by atoms with Gasteiger partial charge in [0, 0.05) is 0 Å². The van der Waals surface area contributed by atoms with Gasteiger partial charge < -0.3 is 13.9 Å². The van der Waals surface area contributed by atoms with E-state index in [0.717, 1.165) is 16.9 Å². The zero-order chi connectivity index (χ0) is 22.8. The maximum atomic E-state index is 13.1. The van der Waals surface area contributed by atoms with Gasteiger partial charge in [0.25, 0.3) is 0 Å². The van der Waals surface area contributed by atoms with Gasteiger partial charge in [0.2, 0.25) is 0 Å². The molecule has 0 aliphatic heterocycles. The van der Waals surface area contributed by atoms with Crippen LogP contribution in [0.2, 0.25) is 0 Å². The first-order valence-electron chi connectivity index (χ1n) is 10.5. The summed E-state index contributed by atoms with van der Waals surface area (Å²) in [6, 6.07) is 17.9. The average molecular weight is 428 g/mol. The van der Waals surface area contributed by atoms with Gasteiger partial charge in [0.05, 0.1) is 22.9 Å². The van der Waals surface area contributed by atoms with Crippen LogP contribution in [0.3, 0.4) is 0 Å². The third-order valence-electron chi connectivity index (χ3n) is 5.28. The topological polar surface area (TPSA) is 65.7 Å². The number of benzene rings is 2. The Morgan fingerprint density at radius 1 is 0.875 bits per heavy atom. The van der Waals surface area contributed by atoms with E-state index in [2.05, 4.69) is 0 Å². The Kier molecular flexibility index (Phi) is 5.82. The highest BCUT2D eigenvalue weighted by Crippen LogP contribution is 2.34. The highest BCUT2D eigenvalue weighted by Gasteiger charge is 2.19. The van der Waals surface area contributed by atoms with Crippen LogP contribution in [0.4, 0.5) is 0 Å². The fraction of sp³-hybridized carbons (Fsp3) is 0.185. The molecule has 1 heterocycles. The molecule has 0 N–H and O–H groups in total. The van der Waals surface area contributed by atoms with E-state index < -0.39 is 5.97 Å². The Morgan fingerprint density at radius 2 is 1.59 bits per heavy atom. The fourth-order valence-corrected chi connectivity index (χ4v) is 3.83. The SMILES string of the molecule is CCOc1ccc(-c2cc(OC(=O)c3cccc(C)c3)c3c(C)oc(C)c3c(=O)c2)cc1. The molecule has 0 radical (unpaired) electrons. The molecule has 0 aliphatic rings. The maximum Gasteiger partial charge on any atom is 0.343 e. The van der Waals surface area contributed by atoms with E-state index >= 15 is 0 Å². The minimum Gasteiger partial charge on any atom is -0.494 e. The zero-order valence-corrected chi connectivity index (χ0v) is 18.5. The first kappa shape index (κ1) is 21.4. The van der Waals surface area contributed by atoms with Crippen LogP contribution in [-0.2, 0) is 0 Å². The number of carbonyl (C=O) groups is 1. The Labute approximate surface area is 186 Å². The van der Waals surface area contributed by atoms with Crippen LogP contribution in [0.5, 0.6) is 11.5 Å². The van der Waals surface area contributed by atoms with Gasteiger partial charge in [-0.2, -0.15) is 0 Å². The largest absolute Gasteiger partial charge is 0.494 e. The molecule has 0 saturated heterocycles. The lowest BCUT2D eigenvalue weighted by Crippen LogP contribution is -2.08. The van der Waals surface area contributed by atoms with Crippen molar-refractivity contribution in [2.75, 3.05) is 6.61 Å². The number of hydrogen-bond donors (Lipinski definition) is 0. The number of rotatable bonds is 5. The monoisotopic (exact) mass is 428 g/mol. The first-order valence-corrected chi connectivity index (χ1v) is 10.5. The third-order valence-corrected chi connectivity index (χ3v) is 5.28.